The highest BCUT2D eigenvalue weighted by atomic mass is 35.5. The van der Waals surface area contributed by atoms with Crippen LogP contribution in [-0.4, -0.2) is 38.2 Å². The largest absolute Gasteiger partial charge is 0.375 e. The zero-order chi connectivity index (χ0) is 10.2. The third-order valence-electron chi connectivity index (χ3n) is 3.27. The molecule has 2 N–H and O–H groups in total. The fourth-order valence-corrected chi connectivity index (χ4v) is 3.89. The summed E-state index contributed by atoms with van der Waals surface area (Å²) in [5.41, 5.74) is 5.66. The molecule has 0 aromatic rings. The third-order valence-corrected chi connectivity index (χ3v) is 4.92. The molecule has 2 fully saturated rings. The van der Waals surface area contributed by atoms with E-state index in [1.165, 1.54) is 0 Å². The number of rotatable bonds is 0. The van der Waals surface area contributed by atoms with Gasteiger partial charge in [0.1, 0.15) is 0 Å². The van der Waals surface area contributed by atoms with Gasteiger partial charge in [0.05, 0.1) is 17.1 Å². The van der Waals surface area contributed by atoms with Crippen molar-refractivity contribution in [3.05, 3.63) is 0 Å². The number of nitrogens with two attached hydrogens (primary N) is 1. The van der Waals surface area contributed by atoms with Gasteiger partial charge < -0.3 is 10.5 Å². The predicted molar refractivity (Wildman–Crippen MR) is 61.0 cm³/mol. The van der Waals surface area contributed by atoms with Gasteiger partial charge in [-0.25, -0.2) is 8.42 Å². The minimum absolute atomic E-state index is 0. The van der Waals surface area contributed by atoms with Crippen molar-refractivity contribution < 1.29 is 13.2 Å². The molecule has 4 nitrogen and oxygen atoms in total. The van der Waals surface area contributed by atoms with Gasteiger partial charge in [0.25, 0.3) is 0 Å². The Morgan fingerprint density at radius 1 is 1.27 bits per heavy atom. The molecular weight excluding hydrogens is 238 g/mol. The van der Waals surface area contributed by atoms with Gasteiger partial charge in [-0.1, -0.05) is 0 Å². The molecule has 1 unspecified atom stereocenters. The highest BCUT2D eigenvalue weighted by molar-refractivity contribution is 7.91. The van der Waals surface area contributed by atoms with Crippen molar-refractivity contribution in [2.45, 2.75) is 37.3 Å². The topological polar surface area (TPSA) is 69.4 Å². The molecule has 2 aliphatic rings. The van der Waals surface area contributed by atoms with Crippen LogP contribution < -0.4 is 5.73 Å². The molecule has 2 saturated heterocycles. The summed E-state index contributed by atoms with van der Waals surface area (Å²) in [5, 5.41) is 0. The van der Waals surface area contributed by atoms with Crippen molar-refractivity contribution in [1.82, 2.24) is 0 Å². The molecule has 0 saturated carbocycles. The van der Waals surface area contributed by atoms with E-state index < -0.39 is 9.84 Å². The first-order chi connectivity index (χ1) is 6.52. The zero-order valence-electron chi connectivity index (χ0n) is 8.65. The maximum Gasteiger partial charge on any atom is 0.150 e. The Bertz CT molecular complexity index is 303. The average molecular weight is 256 g/mol. The molecule has 0 amide bonds. The van der Waals surface area contributed by atoms with E-state index in [0.29, 0.717) is 19.4 Å². The second-order valence-corrected chi connectivity index (χ2v) is 6.74. The van der Waals surface area contributed by atoms with Gasteiger partial charge in [0.2, 0.25) is 0 Å². The third kappa shape index (κ3) is 3.06. The van der Waals surface area contributed by atoms with Crippen LogP contribution in [0, 0.1) is 0 Å². The lowest BCUT2D eigenvalue weighted by Gasteiger charge is -2.42. The van der Waals surface area contributed by atoms with E-state index in [-0.39, 0.29) is 35.6 Å². The predicted octanol–water partition coefficient (Wildman–Crippen LogP) is 0.493. The SMILES string of the molecule is Cl.NC1CCOC2(CCS(=O)(=O)CC2)C1. The standard InChI is InChI=1S/C9H17NO3S.ClH/c10-8-1-4-13-9(7-8)2-5-14(11,12)6-3-9;/h8H,1-7,10H2;1H. The summed E-state index contributed by atoms with van der Waals surface area (Å²) >= 11 is 0. The van der Waals surface area contributed by atoms with Gasteiger partial charge in [-0.3, -0.25) is 0 Å². The lowest BCUT2D eigenvalue weighted by atomic mass is 9.86. The minimum Gasteiger partial charge on any atom is -0.375 e. The second-order valence-electron chi connectivity index (χ2n) is 4.44. The fourth-order valence-electron chi connectivity index (χ4n) is 2.32. The van der Waals surface area contributed by atoms with Crippen LogP contribution in [-0.2, 0) is 14.6 Å². The Morgan fingerprint density at radius 2 is 1.87 bits per heavy atom. The molecule has 0 bridgehead atoms. The van der Waals surface area contributed by atoms with Gasteiger partial charge in [0, 0.05) is 12.6 Å². The van der Waals surface area contributed by atoms with Crippen LogP contribution in [0.15, 0.2) is 0 Å². The van der Waals surface area contributed by atoms with E-state index in [1.54, 1.807) is 0 Å². The van der Waals surface area contributed by atoms with E-state index in [2.05, 4.69) is 0 Å². The molecular formula is C9H18ClNO3S. The van der Waals surface area contributed by atoms with Gasteiger partial charge in [-0.2, -0.15) is 0 Å². The number of ether oxygens (including phenoxy) is 1. The molecule has 0 aromatic heterocycles. The lowest BCUT2D eigenvalue weighted by Crippen LogP contribution is -2.49. The zero-order valence-corrected chi connectivity index (χ0v) is 10.3. The van der Waals surface area contributed by atoms with E-state index in [1.807, 2.05) is 0 Å². The van der Waals surface area contributed by atoms with Gasteiger partial charge in [0.15, 0.2) is 9.84 Å². The first-order valence-corrected chi connectivity index (χ1v) is 6.94. The summed E-state index contributed by atoms with van der Waals surface area (Å²) in [6.45, 7) is 0.682. The van der Waals surface area contributed by atoms with Crippen LogP contribution in [0.5, 0.6) is 0 Å². The maximum absolute atomic E-state index is 11.3. The Hall–Kier alpha value is 0.160. The minimum atomic E-state index is -2.80. The summed E-state index contributed by atoms with van der Waals surface area (Å²) in [6, 6.07) is 0.185. The van der Waals surface area contributed by atoms with Crippen LogP contribution >= 0.6 is 12.4 Å². The molecule has 1 atom stereocenters. The Labute approximate surface area is 96.9 Å². The molecule has 90 valence electrons. The van der Waals surface area contributed by atoms with Crippen molar-refractivity contribution >= 4 is 22.2 Å². The van der Waals surface area contributed by atoms with Crippen LogP contribution in [0.25, 0.3) is 0 Å². The molecule has 0 aromatic carbocycles. The Morgan fingerprint density at radius 3 is 2.40 bits per heavy atom. The van der Waals surface area contributed by atoms with Crippen LogP contribution in [0.2, 0.25) is 0 Å². The molecule has 2 aliphatic heterocycles. The maximum atomic E-state index is 11.3. The van der Waals surface area contributed by atoms with Crippen LogP contribution in [0.4, 0.5) is 0 Å². The van der Waals surface area contributed by atoms with Crippen molar-refractivity contribution in [3.8, 4) is 0 Å². The van der Waals surface area contributed by atoms with Crippen molar-refractivity contribution in [2.24, 2.45) is 5.73 Å². The molecule has 6 heteroatoms. The van der Waals surface area contributed by atoms with Crippen molar-refractivity contribution in [3.63, 3.8) is 0 Å². The summed E-state index contributed by atoms with van der Waals surface area (Å²) in [4.78, 5) is 0. The number of halogens is 1. The number of hydrogen-bond acceptors (Lipinski definition) is 4. The summed E-state index contributed by atoms with van der Waals surface area (Å²) < 4.78 is 28.3. The van der Waals surface area contributed by atoms with Crippen molar-refractivity contribution in [2.75, 3.05) is 18.1 Å². The first-order valence-electron chi connectivity index (χ1n) is 5.11. The van der Waals surface area contributed by atoms with E-state index in [0.717, 1.165) is 12.8 Å². The molecule has 2 heterocycles. The Balaban J connectivity index is 0.00000112. The second kappa shape index (κ2) is 4.57. The normalized spacial score (nSPS) is 33.3. The van der Waals surface area contributed by atoms with Gasteiger partial charge >= 0.3 is 0 Å². The van der Waals surface area contributed by atoms with Gasteiger partial charge in [-0.05, 0) is 25.7 Å². The summed E-state index contributed by atoms with van der Waals surface area (Å²) in [6.07, 6.45) is 2.98. The smallest absolute Gasteiger partial charge is 0.150 e. The molecule has 2 rings (SSSR count). The van der Waals surface area contributed by atoms with E-state index >= 15 is 0 Å². The monoisotopic (exact) mass is 255 g/mol. The average Bonchev–Trinajstić information content (AvgIpc) is 2.12. The molecule has 1 spiro atoms. The summed E-state index contributed by atoms with van der Waals surface area (Å²) in [7, 11) is -2.80. The highest BCUT2D eigenvalue weighted by Gasteiger charge is 2.41. The lowest BCUT2D eigenvalue weighted by molar-refractivity contribution is -0.0897. The van der Waals surface area contributed by atoms with Crippen LogP contribution in [0.1, 0.15) is 25.7 Å². The molecule has 0 radical (unpaired) electrons. The van der Waals surface area contributed by atoms with Crippen molar-refractivity contribution in [1.29, 1.82) is 0 Å². The quantitative estimate of drug-likeness (QED) is 0.684. The first kappa shape index (κ1) is 13.2. The van der Waals surface area contributed by atoms with E-state index in [9.17, 15) is 8.42 Å². The Kier molecular flexibility index (Phi) is 4.03. The number of hydrogen-bond donors (Lipinski definition) is 1. The molecule has 0 aliphatic carbocycles. The number of sulfone groups is 1. The van der Waals surface area contributed by atoms with Crippen LogP contribution in [0.3, 0.4) is 0 Å². The fraction of sp³-hybridized carbons (Fsp3) is 1.00. The van der Waals surface area contributed by atoms with Gasteiger partial charge in [-0.15, -0.1) is 12.4 Å². The highest BCUT2D eigenvalue weighted by Crippen LogP contribution is 2.35. The summed E-state index contributed by atoms with van der Waals surface area (Å²) in [5.74, 6) is 0.527. The molecule has 15 heavy (non-hydrogen) atoms. The van der Waals surface area contributed by atoms with E-state index in [4.69, 9.17) is 10.5 Å².